The van der Waals surface area contributed by atoms with E-state index in [-0.39, 0.29) is 41.3 Å². The van der Waals surface area contributed by atoms with Crippen molar-refractivity contribution in [2.45, 2.75) is 44.9 Å². The van der Waals surface area contributed by atoms with E-state index >= 15 is 0 Å². The standard InChI is InChI=1S/C39H32F5O4P/c40-32-18-12-27(21-35(32)43)31-17-15-29(23-34(31)42)48-39(46)7-5-3-1-2-4-6-38(45)47-28-14-16-30(33(41)22-28)25-10-8-24(9-11-25)26-13-19-37(49)36(44)20-26/h8-23H,1-7,49H2. The Hall–Kier alpha value is -4.88. The molecule has 5 aromatic carbocycles. The first-order valence-corrected chi connectivity index (χ1v) is 16.3. The lowest BCUT2D eigenvalue weighted by Gasteiger charge is -2.09. The van der Waals surface area contributed by atoms with Gasteiger partial charge in [-0.15, -0.1) is 9.24 Å². The van der Waals surface area contributed by atoms with Gasteiger partial charge in [0.25, 0.3) is 0 Å². The summed E-state index contributed by atoms with van der Waals surface area (Å²) in [6.07, 6.45) is 3.56. The molecule has 1 unspecified atom stereocenters. The molecule has 0 heterocycles. The average molecular weight is 691 g/mol. The van der Waals surface area contributed by atoms with Crippen LogP contribution >= 0.6 is 9.24 Å². The van der Waals surface area contributed by atoms with Gasteiger partial charge >= 0.3 is 11.9 Å². The highest BCUT2D eigenvalue weighted by Crippen LogP contribution is 2.30. The fourth-order valence-electron chi connectivity index (χ4n) is 5.23. The minimum Gasteiger partial charge on any atom is -0.426 e. The van der Waals surface area contributed by atoms with Gasteiger partial charge in [0.2, 0.25) is 0 Å². The molecule has 0 spiro atoms. The highest BCUT2D eigenvalue weighted by molar-refractivity contribution is 7.27. The molecule has 0 radical (unpaired) electrons. The molecular formula is C39H32F5O4P. The van der Waals surface area contributed by atoms with Crippen LogP contribution in [0.2, 0.25) is 0 Å². The van der Waals surface area contributed by atoms with Gasteiger partial charge in [-0.25, -0.2) is 22.0 Å². The lowest BCUT2D eigenvalue weighted by atomic mass is 10.00. The number of hydrogen-bond acceptors (Lipinski definition) is 4. The third-order valence-electron chi connectivity index (χ3n) is 7.87. The number of carbonyl (C=O) groups excluding carboxylic acids is 2. The van der Waals surface area contributed by atoms with Crippen LogP contribution in [-0.2, 0) is 9.59 Å². The maximum Gasteiger partial charge on any atom is 0.311 e. The highest BCUT2D eigenvalue weighted by atomic mass is 31.0. The minimum absolute atomic E-state index is 0.00707. The van der Waals surface area contributed by atoms with Crippen LogP contribution < -0.4 is 14.8 Å². The summed E-state index contributed by atoms with van der Waals surface area (Å²) in [5, 5.41) is 0.477. The van der Waals surface area contributed by atoms with Gasteiger partial charge in [-0.3, -0.25) is 9.59 Å². The largest absolute Gasteiger partial charge is 0.426 e. The second kappa shape index (κ2) is 16.5. The Morgan fingerprint density at radius 2 is 0.918 bits per heavy atom. The van der Waals surface area contributed by atoms with Crippen molar-refractivity contribution in [2.24, 2.45) is 0 Å². The number of halogens is 5. The summed E-state index contributed by atoms with van der Waals surface area (Å²) < 4.78 is 80.6. The van der Waals surface area contributed by atoms with Crippen LogP contribution in [0.5, 0.6) is 11.5 Å². The Kier molecular flexibility index (Phi) is 11.9. The van der Waals surface area contributed by atoms with E-state index in [4.69, 9.17) is 9.47 Å². The first-order chi connectivity index (χ1) is 23.6. The van der Waals surface area contributed by atoms with E-state index in [1.807, 2.05) is 6.07 Å². The summed E-state index contributed by atoms with van der Waals surface area (Å²) in [6.45, 7) is 0. The number of carbonyl (C=O) groups is 2. The van der Waals surface area contributed by atoms with Gasteiger partial charge in [-0.05, 0) is 77.6 Å². The maximum atomic E-state index is 14.9. The van der Waals surface area contributed by atoms with Crippen LogP contribution in [0.1, 0.15) is 44.9 Å². The lowest BCUT2D eigenvalue weighted by molar-refractivity contribution is -0.135. The van der Waals surface area contributed by atoms with Crippen LogP contribution in [0.4, 0.5) is 22.0 Å². The molecule has 5 rings (SSSR count). The van der Waals surface area contributed by atoms with Crippen molar-refractivity contribution in [1.29, 1.82) is 0 Å². The average Bonchev–Trinajstić information content (AvgIpc) is 3.07. The van der Waals surface area contributed by atoms with E-state index in [9.17, 15) is 31.5 Å². The molecule has 5 aromatic rings. The van der Waals surface area contributed by atoms with Gasteiger partial charge in [-0.2, -0.15) is 0 Å². The Morgan fingerprint density at radius 3 is 1.45 bits per heavy atom. The summed E-state index contributed by atoms with van der Waals surface area (Å²) in [7, 11) is 2.34. The van der Waals surface area contributed by atoms with Crippen molar-refractivity contribution in [2.75, 3.05) is 0 Å². The van der Waals surface area contributed by atoms with E-state index in [0.717, 1.165) is 36.6 Å². The molecule has 0 bridgehead atoms. The molecule has 4 nitrogen and oxygen atoms in total. The molecule has 0 aliphatic rings. The number of ether oxygens (including phenoxy) is 2. The van der Waals surface area contributed by atoms with Gasteiger partial charge in [0.05, 0.1) is 0 Å². The highest BCUT2D eigenvalue weighted by Gasteiger charge is 2.13. The first-order valence-electron chi connectivity index (χ1n) is 15.7. The van der Waals surface area contributed by atoms with Crippen molar-refractivity contribution in [1.82, 2.24) is 0 Å². The van der Waals surface area contributed by atoms with E-state index in [0.29, 0.717) is 41.3 Å². The van der Waals surface area contributed by atoms with Crippen LogP contribution in [0.3, 0.4) is 0 Å². The Balaban J connectivity index is 0.988. The molecule has 0 N–H and O–H groups in total. The first kappa shape index (κ1) is 35.4. The number of benzene rings is 5. The van der Waals surface area contributed by atoms with Crippen molar-refractivity contribution < 1.29 is 41.0 Å². The predicted molar refractivity (Wildman–Crippen MR) is 182 cm³/mol. The molecule has 0 amide bonds. The fourth-order valence-corrected chi connectivity index (χ4v) is 5.41. The normalized spacial score (nSPS) is 11.0. The van der Waals surface area contributed by atoms with Gasteiger partial charge in [-0.1, -0.05) is 61.7 Å². The molecule has 0 aliphatic heterocycles. The second-order valence-corrected chi connectivity index (χ2v) is 12.1. The zero-order chi connectivity index (χ0) is 34.9. The molecule has 0 aromatic heterocycles. The van der Waals surface area contributed by atoms with Crippen LogP contribution in [-0.4, -0.2) is 11.9 Å². The number of unbranched alkanes of at least 4 members (excludes halogenated alkanes) is 4. The minimum atomic E-state index is -1.09. The summed E-state index contributed by atoms with van der Waals surface area (Å²) >= 11 is 0. The zero-order valence-corrected chi connectivity index (χ0v) is 27.4. The van der Waals surface area contributed by atoms with Crippen molar-refractivity contribution in [3.05, 3.63) is 126 Å². The van der Waals surface area contributed by atoms with E-state index in [1.54, 1.807) is 36.4 Å². The molecule has 49 heavy (non-hydrogen) atoms. The van der Waals surface area contributed by atoms with Gasteiger partial charge in [0, 0.05) is 41.4 Å². The van der Waals surface area contributed by atoms with Gasteiger partial charge in [0.1, 0.15) is 29.0 Å². The van der Waals surface area contributed by atoms with Crippen LogP contribution in [0, 0.1) is 29.1 Å². The smallest absolute Gasteiger partial charge is 0.311 e. The summed E-state index contributed by atoms with van der Waals surface area (Å²) in [5.74, 6) is -4.64. The topological polar surface area (TPSA) is 52.6 Å². The molecule has 0 saturated carbocycles. The van der Waals surface area contributed by atoms with E-state index < -0.39 is 35.2 Å². The van der Waals surface area contributed by atoms with E-state index in [2.05, 4.69) is 9.24 Å². The molecule has 1 atom stereocenters. The number of rotatable bonds is 13. The fraction of sp³-hybridized carbons (Fsp3) is 0.179. The Bertz CT molecular complexity index is 1960. The molecule has 0 fully saturated rings. The van der Waals surface area contributed by atoms with Gasteiger partial charge in [0.15, 0.2) is 11.6 Å². The van der Waals surface area contributed by atoms with E-state index in [1.165, 1.54) is 36.4 Å². The van der Waals surface area contributed by atoms with Crippen molar-refractivity contribution in [3.8, 4) is 44.9 Å². The molecule has 10 heteroatoms. The number of hydrogen-bond donors (Lipinski definition) is 0. The van der Waals surface area contributed by atoms with Crippen molar-refractivity contribution in [3.63, 3.8) is 0 Å². The van der Waals surface area contributed by atoms with Crippen LogP contribution in [0.25, 0.3) is 33.4 Å². The molecule has 0 saturated heterocycles. The Labute approximate surface area is 283 Å². The molecule has 252 valence electrons. The third-order valence-corrected chi connectivity index (χ3v) is 8.33. The monoisotopic (exact) mass is 690 g/mol. The van der Waals surface area contributed by atoms with Crippen molar-refractivity contribution >= 4 is 26.5 Å². The summed E-state index contributed by atoms with van der Waals surface area (Å²) in [5.41, 5.74) is 2.67. The Morgan fingerprint density at radius 1 is 0.449 bits per heavy atom. The molecular weight excluding hydrogens is 658 g/mol. The molecule has 0 aliphatic carbocycles. The summed E-state index contributed by atoms with van der Waals surface area (Å²) in [4.78, 5) is 24.5. The summed E-state index contributed by atoms with van der Waals surface area (Å²) in [6, 6.07) is 23.0. The van der Waals surface area contributed by atoms with Gasteiger partial charge < -0.3 is 9.47 Å². The second-order valence-electron chi connectivity index (χ2n) is 11.4. The maximum absolute atomic E-state index is 14.9. The lowest BCUT2D eigenvalue weighted by Crippen LogP contribution is -2.08. The third kappa shape index (κ3) is 9.61. The zero-order valence-electron chi connectivity index (χ0n) is 26.3. The van der Waals surface area contributed by atoms with Crippen LogP contribution in [0.15, 0.2) is 97.1 Å². The number of esters is 2. The predicted octanol–water partition coefficient (Wildman–Crippen LogP) is 10.1. The SMILES string of the molecule is O=C(CCCCCCCC(=O)Oc1ccc(-c2ccc(F)c(F)c2)c(F)c1)Oc1ccc(-c2ccc(-c3ccc(P)c(F)c3)cc2)c(F)c1. The quantitative estimate of drug-likeness (QED) is 0.0406.